The summed E-state index contributed by atoms with van der Waals surface area (Å²) < 4.78 is 6.08. The smallest absolute Gasteiger partial charge is 0.255 e. The van der Waals surface area contributed by atoms with E-state index < -0.39 is 5.91 Å². The molecule has 0 spiro atoms. The van der Waals surface area contributed by atoms with Crippen LogP contribution in [0.4, 0.5) is 11.4 Å². The minimum atomic E-state index is -0.452. The van der Waals surface area contributed by atoms with E-state index in [4.69, 9.17) is 27.9 Å². The summed E-state index contributed by atoms with van der Waals surface area (Å²) in [7, 11) is 1.57. The van der Waals surface area contributed by atoms with Crippen molar-refractivity contribution in [1.29, 1.82) is 0 Å². The van der Waals surface area contributed by atoms with Gasteiger partial charge in [0, 0.05) is 58.4 Å². The molecule has 2 heterocycles. The highest BCUT2D eigenvalue weighted by atomic mass is 35.5. The third kappa shape index (κ3) is 7.87. The van der Waals surface area contributed by atoms with E-state index in [2.05, 4.69) is 20.6 Å². The molecule has 46 heavy (non-hydrogen) atoms. The Balaban J connectivity index is 1.16. The highest BCUT2D eigenvalue weighted by molar-refractivity contribution is 6.38. The highest BCUT2D eigenvalue weighted by Crippen LogP contribution is 2.35. The monoisotopic (exact) mass is 653 g/mol. The fourth-order valence-electron chi connectivity index (χ4n) is 4.49. The Hall–Kier alpha value is -5.25. The van der Waals surface area contributed by atoms with Crippen molar-refractivity contribution in [3.8, 4) is 5.75 Å². The number of likely N-dealkylation sites (N-methyl/N-ethyl adjacent to an activating group) is 1. The van der Waals surface area contributed by atoms with Gasteiger partial charge in [-0.25, -0.2) is 4.98 Å². The predicted molar refractivity (Wildman–Crippen MR) is 181 cm³/mol. The average Bonchev–Trinajstić information content (AvgIpc) is 3.07. The molecule has 232 valence electrons. The first-order valence-electron chi connectivity index (χ1n) is 14.2. The lowest BCUT2D eigenvalue weighted by Gasteiger charge is -2.21. The van der Waals surface area contributed by atoms with Crippen LogP contribution in [0.3, 0.4) is 0 Å². The Morgan fingerprint density at radius 2 is 1.70 bits per heavy atom. The maximum Gasteiger partial charge on any atom is 0.255 e. The summed E-state index contributed by atoms with van der Waals surface area (Å²) in [4.78, 5) is 47.6. The summed E-state index contributed by atoms with van der Waals surface area (Å²) in [5.74, 6) is -0.506. The first-order valence-corrected chi connectivity index (χ1v) is 14.9. The molecule has 0 atom stereocenters. The molecule has 0 aliphatic carbocycles. The summed E-state index contributed by atoms with van der Waals surface area (Å²) in [6, 6.07) is 23.1. The highest BCUT2D eigenvalue weighted by Gasteiger charge is 2.19. The molecule has 11 heteroatoms. The fraction of sp³-hybridized carbons (Fsp3) is 0.114. The van der Waals surface area contributed by atoms with Crippen LogP contribution in [-0.4, -0.2) is 41.3 Å². The van der Waals surface area contributed by atoms with E-state index in [1.165, 1.54) is 11.0 Å². The first-order chi connectivity index (χ1) is 22.2. The van der Waals surface area contributed by atoms with Crippen molar-refractivity contribution in [3.63, 3.8) is 0 Å². The molecule has 0 saturated heterocycles. The molecule has 9 nitrogen and oxygen atoms in total. The van der Waals surface area contributed by atoms with Gasteiger partial charge in [-0.1, -0.05) is 53.5 Å². The molecule has 0 aliphatic heterocycles. The molecule has 2 N–H and O–H groups in total. The third-order valence-electron chi connectivity index (χ3n) is 7.05. The number of rotatable bonds is 10. The number of carbonyl (C=O) groups excluding carboxylic acids is 3. The molecule has 3 amide bonds. The summed E-state index contributed by atoms with van der Waals surface area (Å²) >= 11 is 13.2. The lowest BCUT2D eigenvalue weighted by Crippen LogP contribution is -2.37. The number of fused-ring (bicyclic) bond motifs is 1. The van der Waals surface area contributed by atoms with Crippen LogP contribution in [0.15, 0.2) is 97.3 Å². The van der Waals surface area contributed by atoms with Crippen LogP contribution in [0.2, 0.25) is 10.0 Å². The summed E-state index contributed by atoms with van der Waals surface area (Å²) in [5.41, 5.74) is 4.36. The van der Waals surface area contributed by atoms with Crippen LogP contribution in [-0.2, 0) is 16.2 Å². The number of benzene rings is 3. The number of para-hydroxylation sites is 1. The molecule has 0 fully saturated rings. The van der Waals surface area contributed by atoms with E-state index in [0.717, 1.165) is 22.2 Å². The number of hydrogen-bond acceptors (Lipinski definition) is 6. The number of ether oxygens (including phenoxy) is 1. The Bertz CT molecular complexity index is 1930. The van der Waals surface area contributed by atoms with E-state index in [-0.39, 0.29) is 30.0 Å². The number of aryl methyl sites for hydroxylation is 1. The normalized spacial score (nSPS) is 11.0. The molecular weight excluding hydrogens is 625 g/mol. The Labute approximate surface area is 275 Å². The number of anilines is 2. The number of pyridine rings is 2. The molecule has 5 rings (SSSR count). The van der Waals surface area contributed by atoms with E-state index in [1.807, 2.05) is 37.3 Å². The number of nitrogens with zero attached hydrogens (tertiary/aromatic N) is 3. The minimum Gasteiger partial charge on any atom is -0.487 e. The zero-order valence-corrected chi connectivity index (χ0v) is 26.5. The van der Waals surface area contributed by atoms with Crippen molar-refractivity contribution in [3.05, 3.63) is 130 Å². The van der Waals surface area contributed by atoms with Crippen molar-refractivity contribution in [1.82, 2.24) is 15.3 Å². The van der Waals surface area contributed by atoms with Gasteiger partial charge in [-0.2, -0.15) is 0 Å². The van der Waals surface area contributed by atoms with Gasteiger partial charge in [0.25, 0.3) is 5.91 Å². The SMILES string of the molecule is Cc1ccc2cccc(OCc3c(Cl)ccc(N(C)C(=O)CNC(=O)C=Cc4ccc(NC(=O)c5ccncc5)cc4)c3Cl)c2n1. The summed E-state index contributed by atoms with van der Waals surface area (Å²) in [6.07, 6.45) is 6.02. The van der Waals surface area contributed by atoms with Gasteiger partial charge in [-0.05, 0) is 67.1 Å². The van der Waals surface area contributed by atoms with Gasteiger partial charge >= 0.3 is 0 Å². The fourth-order valence-corrected chi connectivity index (χ4v) is 5.10. The van der Waals surface area contributed by atoms with Crippen molar-refractivity contribution in [2.24, 2.45) is 0 Å². The van der Waals surface area contributed by atoms with Gasteiger partial charge in [0.1, 0.15) is 17.9 Å². The maximum atomic E-state index is 13.0. The van der Waals surface area contributed by atoms with E-state index >= 15 is 0 Å². The van der Waals surface area contributed by atoms with Crippen LogP contribution in [0.25, 0.3) is 17.0 Å². The standard InChI is InChI=1S/C35H29Cl2N5O4/c1-22-6-10-24-4-3-5-30(34(24)40-22)46-21-27-28(36)13-14-29(33(27)37)42(2)32(44)20-39-31(43)15-9-23-7-11-26(12-8-23)41-35(45)25-16-18-38-19-17-25/h3-19H,20-21H2,1-2H3,(H,39,43)(H,41,45). The molecule has 2 aromatic heterocycles. The zero-order chi connectivity index (χ0) is 32.6. The molecule has 0 radical (unpaired) electrons. The number of carbonyl (C=O) groups is 3. The van der Waals surface area contributed by atoms with Crippen molar-refractivity contribution >= 4 is 69.3 Å². The van der Waals surface area contributed by atoms with E-state index in [9.17, 15) is 14.4 Å². The van der Waals surface area contributed by atoms with Gasteiger partial charge in [0.15, 0.2) is 0 Å². The largest absolute Gasteiger partial charge is 0.487 e. The average molecular weight is 655 g/mol. The quantitative estimate of drug-likeness (QED) is 0.159. The molecular formula is C35H29Cl2N5O4. The van der Waals surface area contributed by atoms with Crippen molar-refractivity contribution in [2.45, 2.75) is 13.5 Å². The van der Waals surface area contributed by atoms with Gasteiger partial charge in [0.05, 0.1) is 17.3 Å². The molecule has 0 saturated carbocycles. The van der Waals surface area contributed by atoms with Crippen LogP contribution < -0.4 is 20.3 Å². The number of aromatic nitrogens is 2. The Morgan fingerprint density at radius 3 is 2.46 bits per heavy atom. The van der Waals surface area contributed by atoms with Crippen LogP contribution in [0.5, 0.6) is 5.75 Å². The van der Waals surface area contributed by atoms with Crippen LogP contribution in [0, 0.1) is 6.92 Å². The Kier molecular flexibility index (Phi) is 10.3. The van der Waals surface area contributed by atoms with Crippen molar-refractivity contribution in [2.75, 3.05) is 23.8 Å². The second-order valence-corrected chi connectivity index (χ2v) is 11.0. The van der Waals surface area contributed by atoms with Gasteiger partial charge in [-0.3, -0.25) is 19.4 Å². The second kappa shape index (κ2) is 14.7. The lowest BCUT2D eigenvalue weighted by molar-refractivity contribution is -0.122. The number of amides is 3. The lowest BCUT2D eigenvalue weighted by atomic mass is 10.1. The van der Waals surface area contributed by atoms with Gasteiger partial charge in [0.2, 0.25) is 11.8 Å². The second-order valence-electron chi connectivity index (χ2n) is 10.2. The summed E-state index contributed by atoms with van der Waals surface area (Å²) in [5, 5.41) is 6.99. The Morgan fingerprint density at radius 1 is 0.935 bits per heavy atom. The zero-order valence-electron chi connectivity index (χ0n) is 25.0. The van der Waals surface area contributed by atoms with Crippen LogP contribution >= 0.6 is 23.2 Å². The third-order valence-corrected chi connectivity index (χ3v) is 7.82. The van der Waals surface area contributed by atoms with Crippen LogP contribution in [0.1, 0.15) is 27.2 Å². The number of hydrogen-bond donors (Lipinski definition) is 2. The predicted octanol–water partition coefficient (Wildman–Crippen LogP) is 6.87. The molecule has 5 aromatic rings. The topological polar surface area (TPSA) is 114 Å². The summed E-state index contributed by atoms with van der Waals surface area (Å²) in [6.45, 7) is 1.71. The molecule has 0 bridgehead atoms. The minimum absolute atomic E-state index is 0.0574. The van der Waals surface area contributed by atoms with Gasteiger partial charge < -0.3 is 20.3 Å². The van der Waals surface area contributed by atoms with E-state index in [0.29, 0.717) is 33.3 Å². The van der Waals surface area contributed by atoms with Gasteiger partial charge in [-0.15, -0.1) is 0 Å². The van der Waals surface area contributed by atoms with E-state index in [1.54, 1.807) is 74.0 Å². The number of halogens is 2. The molecule has 0 unspecified atom stereocenters. The number of nitrogens with one attached hydrogen (secondary N) is 2. The molecule has 0 aliphatic rings. The maximum absolute atomic E-state index is 13.0. The molecule has 3 aromatic carbocycles. The van der Waals surface area contributed by atoms with Crippen molar-refractivity contribution < 1.29 is 19.1 Å². The first kappa shape index (κ1) is 32.2.